The van der Waals surface area contributed by atoms with Crippen LogP contribution in [0.1, 0.15) is 36.2 Å². The van der Waals surface area contributed by atoms with E-state index in [0.717, 1.165) is 25.2 Å². The summed E-state index contributed by atoms with van der Waals surface area (Å²) >= 11 is 0. The first-order valence-corrected chi connectivity index (χ1v) is 11.3. The molecule has 0 saturated carbocycles. The van der Waals surface area contributed by atoms with Gasteiger partial charge in [0.25, 0.3) is 0 Å². The second-order valence-electron chi connectivity index (χ2n) is 8.94. The summed E-state index contributed by atoms with van der Waals surface area (Å²) in [6.45, 7) is 11.0. The SMILES string of the molecule is Cc1ccccc1Cn1cccc1C[NH+](CC(C)C)C[C@@H](O)COCc1ccccc1. The third kappa shape index (κ3) is 7.66. The third-order valence-electron chi connectivity index (χ3n) is 5.60. The van der Waals surface area contributed by atoms with E-state index in [4.69, 9.17) is 4.74 Å². The summed E-state index contributed by atoms with van der Waals surface area (Å²) in [4.78, 5) is 1.38. The molecule has 3 rings (SSSR count). The summed E-state index contributed by atoms with van der Waals surface area (Å²) in [6.07, 6.45) is 1.69. The van der Waals surface area contributed by atoms with Crippen molar-refractivity contribution in [1.82, 2.24) is 4.57 Å². The molecule has 2 aromatic carbocycles. The topological polar surface area (TPSA) is 38.8 Å². The van der Waals surface area contributed by atoms with Crippen molar-refractivity contribution in [2.45, 2.75) is 46.6 Å². The standard InChI is InChI=1S/C27H36N2O2/c1-22(2)16-28(19-27(30)21-31-20-24-11-5-4-6-12-24)18-26-14-9-15-29(26)17-25-13-8-7-10-23(25)3/h4-15,22,27,30H,16-21H2,1-3H3/p+1/t27-/m1/s1. The molecule has 0 bridgehead atoms. The fourth-order valence-electron chi connectivity index (χ4n) is 4.08. The lowest BCUT2D eigenvalue weighted by molar-refractivity contribution is -0.920. The maximum Gasteiger partial charge on any atom is 0.126 e. The zero-order chi connectivity index (χ0) is 22.1. The predicted octanol–water partition coefficient (Wildman–Crippen LogP) is 3.46. The number of aliphatic hydroxyl groups excluding tert-OH is 1. The Hall–Kier alpha value is -2.40. The van der Waals surface area contributed by atoms with E-state index in [-0.39, 0.29) is 0 Å². The van der Waals surface area contributed by atoms with Crippen molar-refractivity contribution >= 4 is 0 Å². The molecule has 4 heteroatoms. The fraction of sp³-hybridized carbons (Fsp3) is 0.407. The minimum atomic E-state index is -0.475. The number of ether oxygens (including phenoxy) is 1. The van der Waals surface area contributed by atoms with Gasteiger partial charge in [0.2, 0.25) is 0 Å². The molecule has 1 aromatic heterocycles. The van der Waals surface area contributed by atoms with Gasteiger partial charge in [-0.25, -0.2) is 0 Å². The summed E-state index contributed by atoms with van der Waals surface area (Å²) in [7, 11) is 0. The van der Waals surface area contributed by atoms with E-state index in [1.54, 1.807) is 0 Å². The van der Waals surface area contributed by atoms with Gasteiger partial charge in [0.1, 0.15) is 19.2 Å². The van der Waals surface area contributed by atoms with Crippen molar-refractivity contribution < 1.29 is 14.7 Å². The molecule has 2 atom stereocenters. The molecule has 0 aliphatic carbocycles. The molecule has 0 spiro atoms. The van der Waals surface area contributed by atoms with E-state index in [2.05, 4.69) is 67.9 Å². The first kappa shape index (κ1) is 23.3. The molecule has 2 N–H and O–H groups in total. The lowest BCUT2D eigenvalue weighted by atomic mass is 10.1. The van der Waals surface area contributed by atoms with E-state index in [9.17, 15) is 5.11 Å². The summed E-state index contributed by atoms with van der Waals surface area (Å²) < 4.78 is 8.10. The molecule has 0 aliphatic rings. The number of aliphatic hydroxyl groups is 1. The van der Waals surface area contributed by atoms with E-state index in [1.807, 2.05) is 30.3 Å². The van der Waals surface area contributed by atoms with Crippen LogP contribution in [-0.4, -0.2) is 35.5 Å². The van der Waals surface area contributed by atoms with E-state index in [0.29, 0.717) is 25.7 Å². The van der Waals surface area contributed by atoms with E-state index in [1.165, 1.54) is 21.7 Å². The molecule has 1 unspecified atom stereocenters. The number of hydrogen-bond donors (Lipinski definition) is 2. The normalized spacial score (nSPS) is 13.5. The van der Waals surface area contributed by atoms with Crippen LogP contribution in [0.25, 0.3) is 0 Å². The molecule has 0 amide bonds. The van der Waals surface area contributed by atoms with Gasteiger partial charge in [0, 0.05) is 18.7 Å². The third-order valence-corrected chi connectivity index (χ3v) is 5.60. The first-order valence-electron chi connectivity index (χ1n) is 11.3. The zero-order valence-electron chi connectivity index (χ0n) is 19.1. The Labute approximate surface area is 187 Å². The van der Waals surface area contributed by atoms with Gasteiger partial charge >= 0.3 is 0 Å². The van der Waals surface area contributed by atoms with Crippen molar-refractivity contribution in [3.05, 3.63) is 95.3 Å². The van der Waals surface area contributed by atoms with Crippen molar-refractivity contribution in [2.24, 2.45) is 5.92 Å². The van der Waals surface area contributed by atoms with Crippen molar-refractivity contribution in [1.29, 1.82) is 0 Å². The number of rotatable bonds is 12. The summed E-state index contributed by atoms with van der Waals surface area (Å²) in [5, 5.41) is 10.6. The summed E-state index contributed by atoms with van der Waals surface area (Å²) in [5.74, 6) is 0.562. The highest BCUT2D eigenvalue weighted by molar-refractivity contribution is 5.26. The van der Waals surface area contributed by atoms with Crippen LogP contribution in [0.2, 0.25) is 0 Å². The highest BCUT2D eigenvalue weighted by atomic mass is 16.5. The summed E-state index contributed by atoms with van der Waals surface area (Å²) in [5.41, 5.74) is 5.10. The van der Waals surface area contributed by atoms with Crippen LogP contribution in [0.5, 0.6) is 0 Å². The average Bonchev–Trinajstić information content (AvgIpc) is 3.16. The minimum absolute atomic E-state index is 0.362. The Morgan fingerprint density at radius 3 is 2.42 bits per heavy atom. The van der Waals surface area contributed by atoms with Crippen LogP contribution in [0.4, 0.5) is 0 Å². The molecule has 0 fully saturated rings. The molecular weight excluding hydrogens is 384 g/mol. The van der Waals surface area contributed by atoms with Gasteiger partial charge in [-0.2, -0.15) is 0 Å². The number of aryl methyl sites for hydroxylation is 1. The van der Waals surface area contributed by atoms with Crippen LogP contribution >= 0.6 is 0 Å². The van der Waals surface area contributed by atoms with Crippen LogP contribution < -0.4 is 4.90 Å². The number of aromatic nitrogens is 1. The second kappa shape index (κ2) is 11.8. The Morgan fingerprint density at radius 1 is 0.935 bits per heavy atom. The molecule has 1 heterocycles. The maximum atomic E-state index is 10.6. The molecule has 0 aliphatic heterocycles. The highest BCUT2D eigenvalue weighted by Crippen LogP contribution is 2.11. The van der Waals surface area contributed by atoms with Gasteiger partial charge < -0.3 is 19.3 Å². The molecule has 0 radical (unpaired) electrons. The molecule has 166 valence electrons. The van der Waals surface area contributed by atoms with Gasteiger partial charge in [-0.1, -0.05) is 68.4 Å². The molecule has 0 saturated heterocycles. The zero-order valence-corrected chi connectivity index (χ0v) is 19.1. The minimum Gasteiger partial charge on any atom is -0.385 e. The van der Waals surface area contributed by atoms with Crippen LogP contribution in [0, 0.1) is 12.8 Å². The molecule has 3 aromatic rings. The van der Waals surface area contributed by atoms with Crippen LogP contribution in [0.3, 0.4) is 0 Å². The van der Waals surface area contributed by atoms with Crippen LogP contribution in [0.15, 0.2) is 72.9 Å². The number of nitrogens with zero attached hydrogens (tertiary/aromatic N) is 1. The Balaban J connectivity index is 1.57. The smallest absolute Gasteiger partial charge is 0.126 e. The predicted molar refractivity (Wildman–Crippen MR) is 126 cm³/mol. The van der Waals surface area contributed by atoms with Gasteiger partial charge in [-0.3, -0.25) is 0 Å². The second-order valence-corrected chi connectivity index (χ2v) is 8.94. The van der Waals surface area contributed by atoms with Crippen LogP contribution in [-0.2, 0) is 24.4 Å². The number of nitrogens with one attached hydrogen (secondary N) is 1. The molecule has 4 nitrogen and oxygen atoms in total. The van der Waals surface area contributed by atoms with Crippen molar-refractivity contribution in [3.8, 4) is 0 Å². The Morgan fingerprint density at radius 2 is 1.68 bits per heavy atom. The van der Waals surface area contributed by atoms with Crippen molar-refractivity contribution in [3.63, 3.8) is 0 Å². The first-order chi connectivity index (χ1) is 15.0. The lowest BCUT2D eigenvalue weighted by Gasteiger charge is -2.25. The van der Waals surface area contributed by atoms with Crippen molar-refractivity contribution in [2.75, 3.05) is 19.7 Å². The maximum absolute atomic E-state index is 10.6. The van der Waals surface area contributed by atoms with Gasteiger partial charge in [0.15, 0.2) is 0 Å². The largest absolute Gasteiger partial charge is 0.385 e. The molecule has 31 heavy (non-hydrogen) atoms. The van der Waals surface area contributed by atoms with E-state index < -0.39 is 6.10 Å². The van der Waals surface area contributed by atoms with Gasteiger partial charge in [-0.05, 0) is 35.7 Å². The fourth-order valence-corrected chi connectivity index (χ4v) is 4.08. The highest BCUT2D eigenvalue weighted by Gasteiger charge is 2.19. The number of hydrogen-bond acceptors (Lipinski definition) is 2. The monoisotopic (exact) mass is 421 g/mol. The molecular formula is C27H37N2O2+. The summed E-state index contributed by atoms with van der Waals surface area (Å²) in [6, 6.07) is 23.0. The number of quaternary nitrogens is 1. The quantitative estimate of drug-likeness (QED) is 0.470. The average molecular weight is 422 g/mol. The Kier molecular flexibility index (Phi) is 8.89. The van der Waals surface area contributed by atoms with Gasteiger partial charge in [0.05, 0.1) is 25.5 Å². The number of benzene rings is 2. The Bertz CT molecular complexity index is 904. The lowest BCUT2D eigenvalue weighted by Crippen LogP contribution is -3.12. The van der Waals surface area contributed by atoms with Gasteiger partial charge in [-0.15, -0.1) is 0 Å². The van der Waals surface area contributed by atoms with E-state index >= 15 is 0 Å².